The standard InChI is InChI=1S/C19H31NO3/c1-4-5-6-7-14-23-18-10-8-17(9-11-18)15-20(16(2)3)13-12-19(21)22/h8-11,16H,4-7,12-15H2,1-3H3,(H,21,22). The van der Waals surface area contributed by atoms with E-state index in [1.165, 1.54) is 24.8 Å². The molecule has 1 rings (SSSR count). The second kappa shape index (κ2) is 11.1. The third-order valence-corrected chi connectivity index (χ3v) is 3.92. The Bertz CT molecular complexity index is 442. The summed E-state index contributed by atoms with van der Waals surface area (Å²) in [5, 5.41) is 8.84. The van der Waals surface area contributed by atoms with E-state index < -0.39 is 5.97 Å². The molecule has 0 radical (unpaired) electrons. The zero-order valence-electron chi connectivity index (χ0n) is 14.8. The number of carbonyl (C=O) groups is 1. The molecule has 0 amide bonds. The highest BCUT2D eigenvalue weighted by Gasteiger charge is 2.11. The van der Waals surface area contributed by atoms with Crippen LogP contribution in [-0.2, 0) is 11.3 Å². The van der Waals surface area contributed by atoms with Gasteiger partial charge in [-0.1, -0.05) is 38.3 Å². The van der Waals surface area contributed by atoms with E-state index in [2.05, 4.69) is 37.8 Å². The first-order chi connectivity index (χ1) is 11.0. The monoisotopic (exact) mass is 321 g/mol. The van der Waals surface area contributed by atoms with Crippen LogP contribution < -0.4 is 4.74 Å². The molecule has 4 nitrogen and oxygen atoms in total. The van der Waals surface area contributed by atoms with Crippen LogP contribution in [0.3, 0.4) is 0 Å². The van der Waals surface area contributed by atoms with Gasteiger partial charge in [-0.15, -0.1) is 0 Å². The van der Waals surface area contributed by atoms with Gasteiger partial charge in [0.05, 0.1) is 13.0 Å². The van der Waals surface area contributed by atoms with Gasteiger partial charge in [-0.25, -0.2) is 0 Å². The summed E-state index contributed by atoms with van der Waals surface area (Å²) in [4.78, 5) is 12.9. The van der Waals surface area contributed by atoms with Gasteiger partial charge >= 0.3 is 5.97 Å². The Hall–Kier alpha value is -1.55. The molecule has 0 atom stereocenters. The summed E-state index contributed by atoms with van der Waals surface area (Å²) < 4.78 is 5.75. The SMILES string of the molecule is CCCCCCOc1ccc(CN(CCC(=O)O)C(C)C)cc1. The number of carboxylic acid groups (broad SMARTS) is 1. The topological polar surface area (TPSA) is 49.8 Å². The summed E-state index contributed by atoms with van der Waals surface area (Å²) in [5.41, 5.74) is 1.18. The van der Waals surface area contributed by atoms with Crippen molar-refractivity contribution in [3.05, 3.63) is 29.8 Å². The van der Waals surface area contributed by atoms with E-state index in [0.717, 1.165) is 25.3 Å². The Morgan fingerprint density at radius 3 is 2.43 bits per heavy atom. The minimum Gasteiger partial charge on any atom is -0.494 e. The third kappa shape index (κ3) is 8.60. The van der Waals surface area contributed by atoms with Crippen molar-refractivity contribution in [1.29, 1.82) is 0 Å². The highest BCUT2D eigenvalue weighted by atomic mass is 16.5. The van der Waals surface area contributed by atoms with Crippen LogP contribution in [0.4, 0.5) is 0 Å². The molecule has 1 N–H and O–H groups in total. The summed E-state index contributed by atoms with van der Waals surface area (Å²) in [7, 11) is 0. The molecule has 0 aliphatic carbocycles. The Labute approximate surface area is 140 Å². The fourth-order valence-corrected chi connectivity index (χ4v) is 2.40. The van der Waals surface area contributed by atoms with E-state index in [1.807, 2.05) is 12.1 Å². The molecule has 0 bridgehead atoms. The zero-order chi connectivity index (χ0) is 17.1. The first kappa shape index (κ1) is 19.5. The minimum atomic E-state index is -0.748. The van der Waals surface area contributed by atoms with Crippen LogP contribution in [-0.4, -0.2) is 35.2 Å². The Morgan fingerprint density at radius 2 is 1.87 bits per heavy atom. The van der Waals surface area contributed by atoms with Gasteiger partial charge in [0, 0.05) is 19.1 Å². The third-order valence-electron chi connectivity index (χ3n) is 3.92. The highest BCUT2D eigenvalue weighted by molar-refractivity contribution is 5.66. The number of rotatable bonds is 12. The van der Waals surface area contributed by atoms with Gasteiger partial charge in [-0.2, -0.15) is 0 Å². The van der Waals surface area contributed by atoms with E-state index >= 15 is 0 Å². The molecule has 0 aliphatic heterocycles. The lowest BCUT2D eigenvalue weighted by Gasteiger charge is -2.25. The second-order valence-corrected chi connectivity index (χ2v) is 6.26. The van der Waals surface area contributed by atoms with Gasteiger partial charge in [0.2, 0.25) is 0 Å². The fourth-order valence-electron chi connectivity index (χ4n) is 2.40. The van der Waals surface area contributed by atoms with Crippen molar-refractivity contribution in [2.24, 2.45) is 0 Å². The van der Waals surface area contributed by atoms with Gasteiger partial charge in [-0.05, 0) is 38.0 Å². The molecule has 0 heterocycles. The number of nitrogens with zero attached hydrogens (tertiary/aromatic N) is 1. The average Bonchev–Trinajstić information content (AvgIpc) is 2.52. The minimum absolute atomic E-state index is 0.178. The molecule has 0 saturated heterocycles. The Balaban J connectivity index is 2.43. The van der Waals surface area contributed by atoms with Crippen molar-refractivity contribution in [2.75, 3.05) is 13.2 Å². The summed E-state index contributed by atoms with van der Waals surface area (Å²) >= 11 is 0. The van der Waals surface area contributed by atoms with Crippen LogP contribution >= 0.6 is 0 Å². The fraction of sp³-hybridized carbons (Fsp3) is 0.632. The lowest BCUT2D eigenvalue weighted by Crippen LogP contribution is -2.32. The number of carboxylic acids is 1. The van der Waals surface area contributed by atoms with Crippen molar-refractivity contribution in [3.63, 3.8) is 0 Å². The number of aliphatic carboxylic acids is 1. The van der Waals surface area contributed by atoms with Gasteiger partial charge in [0.15, 0.2) is 0 Å². The van der Waals surface area contributed by atoms with E-state index in [-0.39, 0.29) is 6.42 Å². The number of hydrogen-bond donors (Lipinski definition) is 1. The molecule has 0 aliphatic rings. The molecule has 23 heavy (non-hydrogen) atoms. The van der Waals surface area contributed by atoms with Gasteiger partial charge in [0.25, 0.3) is 0 Å². The largest absolute Gasteiger partial charge is 0.494 e. The second-order valence-electron chi connectivity index (χ2n) is 6.26. The van der Waals surface area contributed by atoms with Gasteiger partial charge < -0.3 is 9.84 Å². The molecule has 0 aromatic heterocycles. The van der Waals surface area contributed by atoms with E-state index in [4.69, 9.17) is 9.84 Å². The maximum Gasteiger partial charge on any atom is 0.304 e. The summed E-state index contributed by atoms with van der Waals surface area (Å²) in [6, 6.07) is 8.47. The average molecular weight is 321 g/mol. The lowest BCUT2D eigenvalue weighted by molar-refractivity contribution is -0.137. The van der Waals surface area contributed by atoms with Crippen LogP contribution in [0.2, 0.25) is 0 Å². The van der Waals surface area contributed by atoms with Crippen molar-refractivity contribution in [1.82, 2.24) is 4.90 Å². The molecule has 0 unspecified atom stereocenters. The quantitative estimate of drug-likeness (QED) is 0.582. The molecule has 1 aromatic rings. The van der Waals surface area contributed by atoms with Gasteiger partial charge in [0.1, 0.15) is 5.75 Å². The molecule has 4 heteroatoms. The number of unbranched alkanes of at least 4 members (excludes halogenated alkanes) is 3. The Kier molecular flexibility index (Phi) is 9.37. The van der Waals surface area contributed by atoms with Crippen LogP contribution in [0.15, 0.2) is 24.3 Å². The lowest BCUT2D eigenvalue weighted by atomic mass is 10.1. The van der Waals surface area contributed by atoms with Crippen molar-refractivity contribution >= 4 is 5.97 Å². The molecular formula is C19H31NO3. The number of benzene rings is 1. The van der Waals surface area contributed by atoms with Crippen LogP contribution in [0.25, 0.3) is 0 Å². The van der Waals surface area contributed by atoms with Crippen LogP contribution in [0.1, 0.15) is 58.4 Å². The Morgan fingerprint density at radius 1 is 1.17 bits per heavy atom. The molecule has 130 valence electrons. The van der Waals surface area contributed by atoms with Gasteiger partial charge in [-0.3, -0.25) is 9.69 Å². The molecule has 0 spiro atoms. The molecule has 1 aromatic carbocycles. The summed E-state index contributed by atoms with van der Waals surface area (Å²) in [6.45, 7) is 8.50. The normalized spacial score (nSPS) is 11.2. The van der Waals surface area contributed by atoms with E-state index in [9.17, 15) is 4.79 Å². The van der Waals surface area contributed by atoms with E-state index in [0.29, 0.717) is 12.6 Å². The highest BCUT2D eigenvalue weighted by Crippen LogP contribution is 2.15. The van der Waals surface area contributed by atoms with E-state index in [1.54, 1.807) is 0 Å². The predicted octanol–water partition coefficient (Wildman–Crippen LogP) is 4.33. The van der Waals surface area contributed by atoms with Crippen molar-refractivity contribution in [2.45, 2.75) is 65.5 Å². The van der Waals surface area contributed by atoms with Crippen LogP contribution in [0.5, 0.6) is 5.75 Å². The summed E-state index contributed by atoms with van der Waals surface area (Å²) in [6.07, 6.45) is 5.01. The molecule has 0 fully saturated rings. The maximum atomic E-state index is 10.7. The summed E-state index contributed by atoms with van der Waals surface area (Å²) in [5.74, 6) is 0.161. The number of hydrogen-bond acceptors (Lipinski definition) is 3. The van der Waals surface area contributed by atoms with Crippen molar-refractivity contribution < 1.29 is 14.6 Å². The first-order valence-electron chi connectivity index (χ1n) is 8.70. The smallest absolute Gasteiger partial charge is 0.304 e. The molecular weight excluding hydrogens is 290 g/mol. The predicted molar refractivity (Wildman–Crippen MR) is 93.9 cm³/mol. The number of ether oxygens (including phenoxy) is 1. The first-order valence-corrected chi connectivity index (χ1v) is 8.70. The molecule has 0 saturated carbocycles. The van der Waals surface area contributed by atoms with Crippen molar-refractivity contribution in [3.8, 4) is 5.75 Å². The van der Waals surface area contributed by atoms with Crippen LogP contribution in [0, 0.1) is 0 Å². The zero-order valence-corrected chi connectivity index (χ0v) is 14.8. The maximum absolute atomic E-state index is 10.7.